The molecule has 0 aromatic carbocycles. The van der Waals surface area contributed by atoms with Crippen LogP contribution in [0.1, 0.15) is 39.0 Å². The molecule has 0 saturated heterocycles. The van der Waals surface area contributed by atoms with Crippen LogP contribution in [0.3, 0.4) is 0 Å². The maximum Gasteiger partial charge on any atom is 0.460 e. The van der Waals surface area contributed by atoms with E-state index in [1.54, 1.807) is 6.92 Å². The zero-order valence-corrected chi connectivity index (χ0v) is 11.9. The molecule has 23 heavy (non-hydrogen) atoms. The molecule has 0 bridgehead atoms. The van der Waals surface area contributed by atoms with Crippen LogP contribution in [0, 0.1) is 0 Å². The summed E-state index contributed by atoms with van der Waals surface area (Å²) < 4.78 is 114. The maximum atomic E-state index is 13.4. The Morgan fingerprint density at radius 2 is 1.43 bits per heavy atom. The largest absolute Gasteiger partial charge is 0.460 e. The van der Waals surface area contributed by atoms with Gasteiger partial charge in [0.15, 0.2) is 0 Å². The van der Waals surface area contributed by atoms with E-state index in [0.717, 1.165) is 6.08 Å². The highest BCUT2D eigenvalue weighted by atomic mass is 19.4. The molecule has 11 heteroatoms. The molecule has 0 aliphatic carbocycles. The number of hydrogen-bond donors (Lipinski definition) is 0. The van der Waals surface area contributed by atoms with Gasteiger partial charge >= 0.3 is 23.9 Å². The van der Waals surface area contributed by atoms with Crippen molar-refractivity contribution >= 4 is 6.08 Å². The number of halogens is 9. The molecule has 1 unspecified atom stereocenters. The highest BCUT2D eigenvalue weighted by molar-refractivity contribution is 5.33. The van der Waals surface area contributed by atoms with Crippen molar-refractivity contribution in [1.82, 2.24) is 0 Å². The van der Waals surface area contributed by atoms with E-state index >= 15 is 0 Å². The molecule has 0 N–H and O–H groups in total. The first kappa shape index (κ1) is 21.8. The van der Waals surface area contributed by atoms with E-state index in [1.807, 2.05) is 0 Å². The minimum Gasteiger partial charge on any atom is -0.211 e. The predicted molar refractivity (Wildman–Crippen MR) is 61.6 cm³/mol. The molecule has 0 aliphatic heterocycles. The summed E-state index contributed by atoms with van der Waals surface area (Å²) in [7, 11) is 0. The van der Waals surface area contributed by atoms with Crippen LogP contribution in [0.25, 0.3) is 0 Å². The van der Waals surface area contributed by atoms with Gasteiger partial charge in [-0.1, -0.05) is 26.2 Å². The second kappa shape index (κ2) is 7.55. The predicted octanol–water partition coefficient (Wildman–Crippen LogP) is 5.13. The van der Waals surface area contributed by atoms with Gasteiger partial charge in [-0.2, -0.15) is 39.5 Å². The van der Waals surface area contributed by atoms with Crippen LogP contribution in [0.4, 0.5) is 39.5 Å². The number of rotatable bonds is 9. The first-order valence-corrected chi connectivity index (χ1v) is 6.51. The van der Waals surface area contributed by atoms with Crippen molar-refractivity contribution in [3.8, 4) is 0 Å². The molecular weight excluding hydrogens is 345 g/mol. The molecule has 136 valence electrons. The van der Waals surface area contributed by atoms with Crippen LogP contribution >= 0.6 is 0 Å². The van der Waals surface area contributed by atoms with Crippen molar-refractivity contribution in [2.24, 2.45) is 4.99 Å². The lowest BCUT2D eigenvalue weighted by molar-refractivity contribution is -0.397. The standard InChI is InChI=1S/C12H14F9NO/c1-2-3-4-5-8(22-7-23)6-9(13,14)10(15,16)11(17,18)12(19,20)21/h8H,2-6H2,1H3. The SMILES string of the molecule is CCCCCC(CC(F)(F)C(F)(F)C(F)(F)C(F)(F)F)N=C=O. The zero-order chi connectivity index (χ0) is 18.5. The fourth-order valence-electron chi connectivity index (χ4n) is 1.75. The summed E-state index contributed by atoms with van der Waals surface area (Å²) >= 11 is 0. The van der Waals surface area contributed by atoms with Gasteiger partial charge in [0.05, 0.1) is 6.04 Å². The van der Waals surface area contributed by atoms with Crippen molar-refractivity contribution in [2.75, 3.05) is 0 Å². The summed E-state index contributed by atoms with van der Waals surface area (Å²) in [5.74, 6) is -19.3. The lowest BCUT2D eigenvalue weighted by Gasteiger charge is -2.34. The molecule has 0 amide bonds. The van der Waals surface area contributed by atoms with Gasteiger partial charge in [-0.25, -0.2) is 9.79 Å². The summed E-state index contributed by atoms with van der Waals surface area (Å²) in [5, 5.41) is 0. The van der Waals surface area contributed by atoms with E-state index in [9.17, 15) is 44.3 Å². The van der Waals surface area contributed by atoms with Crippen LogP contribution in [-0.4, -0.2) is 36.1 Å². The Hall–Kier alpha value is -1.25. The molecule has 0 aromatic rings. The van der Waals surface area contributed by atoms with Crippen molar-refractivity contribution < 1.29 is 44.3 Å². The number of carbonyl (C=O) groups excluding carboxylic acids is 1. The van der Waals surface area contributed by atoms with Gasteiger partial charge in [-0.3, -0.25) is 0 Å². The molecule has 0 fully saturated rings. The molecule has 0 rings (SSSR count). The molecule has 0 spiro atoms. The minimum atomic E-state index is -6.93. The third-order valence-corrected chi connectivity index (χ3v) is 3.08. The fraction of sp³-hybridized carbons (Fsp3) is 0.917. The normalized spacial score (nSPS) is 15.2. The summed E-state index contributed by atoms with van der Waals surface area (Å²) in [6.45, 7) is 1.71. The molecule has 0 aliphatic rings. The van der Waals surface area contributed by atoms with Crippen LogP contribution in [0.2, 0.25) is 0 Å². The van der Waals surface area contributed by atoms with E-state index in [-0.39, 0.29) is 12.8 Å². The van der Waals surface area contributed by atoms with Crippen LogP contribution in [-0.2, 0) is 4.79 Å². The number of isocyanates is 1. The summed E-state index contributed by atoms with van der Waals surface area (Å²) in [6.07, 6.45) is -7.29. The number of nitrogens with zero attached hydrogens (tertiary/aromatic N) is 1. The van der Waals surface area contributed by atoms with E-state index in [4.69, 9.17) is 0 Å². The van der Waals surface area contributed by atoms with Gasteiger partial charge in [0, 0.05) is 6.42 Å². The topological polar surface area (TPSA) is 29.4 Å². The lowest BCUT2D eigenvalue weighted by atomic mass is 9.95. The van der Waals surface area contributed by atoms with Gasteiger partial charge in [-0.15, -0.1) is 0 Å². The molecule has 0 radical (unpaired) electrons. The molecule has 1 atom stereocenters. The summed E-state index contributed by atoms with van der Waals surface area (Å²) in [5.41, 5.74) is 0. The lowest BCUT2D eigenvalue weighted by Crippen LogP contribution is -2.61. The average molecular weight is 359 g/mol. The van der Waals surface area contributed by atoms with E-state index in [1.165, 1.54) is 0 Å². The van der Waals surface area contributed by atoms with Crippen LogP contribution < -0.4 is 0 Å². The van der Waals surface area contributed by atoms with Crippen LogP contribution in [0.15, 0.2) is 4.99 Å². The second-order valence-electron chi connectivity index (χ2n) is 4.93. The highest BCUT2D eigenvalue weighted by Gasteiger charge is 2.81. The summed E-state index contributed by atoms with van der Waals surface area (Å²) in [6, 6.07) is -1.83. The minimum absolute atomic E-state index is 0.156. The third kappa shape index (κ3) is 4.86. The summed E-state index contributed by atoms with van der Waals surface area (Å²) in [4.78, 5) is 12.9. The quantitative estimate of drug-likeness (QED) is 0.243. The monoisotopic (exact) mass is 359 g/mol. The van der Waals surface area contributed by atoms with Crippen molar-refractivity contribution in [3.63, 3.8) is 0 Å². The van der Waals surface area contributed by atoms with Gasteiger partial charge in [0.1, 0.15) is 0 Å². The van der Waals surface area contributed by atoms with Gasteiger partial charge in [0.2, 0.25) is 6.08 Å². The Morgan fingerprint density at radius 1 is 0.913 bits per heavy atom. The Balaban J connectivity index is 5.37. The fourth-order valence-corrected chi connectivity index (χ4v) is 1.75. The number of aliphatic imine (C=N–C) groups is 1. The average Bonchev–Trinajstić information content (AvgIpc) is 2.37. The molecule has 0 heterocycles. The molecular formula is C12H14F9NO. The van der Waals surface area contributed by atoms with Gasteiger partial charge < -0.3 is 0 Å². The Kier molecular flexibility index (Phi) is 7.14. The van der Waals surface area contributed by atoms with Gasteiger partial charge in [0.25, 0.3) is 0 Å². The van der Waals surface area contributed by atoms with Crippen molar-refractivity contribution in [3.05, 3.63) is 0 Å². The first-order chi connectivity index (χ1) is 10.2. The molecule has 0 aromatic heterocycles. The van der Waals surface area contributed by atoms with E-state index in [2.05, 4.69) is 4.99 Å². The number of hydrogen-bond acceptors (Lipinski definition) is 2. The van der Waals surface area contributed by atoms with Gasteiger partial charge in [-0.05, 0) is 6.42 Å². The highest BCUT2D eigenvalue weighted by Crippen LogP contribution is 2.54. The Bertz CT molecular complexity index is 427. The van der Waals surface area contributed by atoms with Crippen molar-refractivity contribution in [1.29, 1.82) is 0 Å². The smallest absolute Gasteiger partial charge is 0.211 e. The number of alkyl halides is 9. The van der Waals surface area contributed by atoms with Crippen molar-refractivity contribution in [2.45, 2.75) is 69.0 Å². The van der Waals surface area contributed by atoms with Crippen LogP contribution in [0.5, 0.6) is 0 Å². The Labute approximate surface area is 125 Å². The second-order valence-corrected chi connectivity index (χ2v) is 4.93. The maximum absolute atomic E-state index is 13.4. The van der Waals surface area contributed by atoms with E-state index in [0.29, 0.717) is 12.8 Å². The van der Waals surface area contributed by atoms with E-state index < -0.39 is 36.4 Å². The third-order valence-electron chi connectivity index (χ3n) is 3.08. The first-order valence-electron chi connectivity index (χ1n) is 6.51. The molecule has 2 nitrogen and oxygen atoms in total. The zero-order valence-electron chi connectivity index (χ0n) is 11.9. The Morgan fingerprint density at radius 3 is 1.83 bits per heavy atom. The molecule has 0 saturated carbocycles. The number of unbranched alkanes of at least 4 members (excludes halogenated alkanes) is 2.